The van der Waals surface area contributed by atoms with Gasteiger partial charge in [-0.05, 0) is 36.8 Å². The Morgan fingerprint density at radius 2 is 1.74 bits per heavy atom. The summed E-state index contributed by atoms with van der Waals surface area (Å²) in [7, 11) is 1.70. The zero-order valence-electron chi connectivity index (χ0n) is 16.3. The molecule has 1 heterocycles. The molecule has 0 bridgehead atoms. The molecule has 1 aliphatic heterocycles. The lowest BCUT2D eigenvalue weighted by Crippen LogP contribution is -3.27. The molecule has 142 valence electrons. The second kappa shape index (κ2) is 9.49. The van der Waals surface area contributed by atoms with Gasteiger partial charge in [0.25, 0.3) is 0 Å². The van der Waals surface area contributed by atoms with Crippen LogP contribution in [0.15, 0.2) is 54.6 Å². The summed E-state index contributed by atoms with van der Waals surface area (Å²) in [6, 6.07) is 16.2. The fourth-order valence-electron chi connectivity index (χ4n) is 3.67. The van der Waals surface area contributed by atoms with E-state index in [1.165, 1.54) is 18.7 Å². The molecule has 0 aliphatic carbocycles. The number of ether oxygens (including phenoxy) is 1. The molecule has 0 spiro atoms. The number of nitrogens with one attached hydrogen (secondary N) is 2. The highest BCUT2D eigenvalue weighted by atomic mass is 16.5. The number of Topliss-reactive ketones (excluding diaryl/α,β-unsaturated/α-hetero) is 1. The Morgan fingerprint density at radius 3 is 2.41 bits per heavy atom. The van der Waals surface area contributed by atoms with Gasteiger partial charge >= 0.3 is 0 Å². The summed E-state index contributed by atoms with van der Waals surface area (Å²) in [4.78, 5) is 14.9. The largest absolute Gasteiger partial charge is 0.496 e. The first kappa shape index (κ1) is 19.3. The lowest BCUT2D eigenvalue weighted by Gasteiger charge is -2.29. The van der Waals surface area contributed by atoms with E-state index in [1.807, 2.05) is 24.3 Å². The molecule has 27 heavy (non-hydrogen) atoms. The van der Waals surface area contributed by atoms with Crippen molar-refractivity contribution < 1.29 is 19.3 Å². The number of carbonyl (C=O) groups is 1. The first-order valence-corrected chi connectivity index (χ1v) is 9.72. The van der Waals surface area contributed by atoms with Crippen LogP contribution in [0, 0.1) is 0 Å². The van der Waals surface area contributed by atoms with E-state index >= 15 is 0 Å². The third-order valence-electron chi connectivity index (χ3n) is 5.31. The molecule has 0 amide bonds. The van der Waals surface area contributed by atoms with Crippen LogP contribution in [-0.4, -0.2) is 45.6 Å². The maximum atomic E-state index is 11.7. The molecule has 4 heteroatoms. The maximum absolute atomic E-state index is 11.7. The van der Waals surface area contributed by atoms with Crippen molar-refractivity contribution in [1.29, 1.82) is 0 Å². The average Bonchev–Trinajstić information content (AvgIpc) is 2.70. The minimum Gasteiger partial charge on any atom is -0.496 e. The minimum atomic E-state index is 0.105. The van der Waals surface area contributed by atoms with Crippen molar-refractivity contribution in [2.45, 2.75) is 13.5 Å². The Kier molecular flexibility index (Phi) is 6.80. The van der Waals surface area contributed by atoms with Gasteiger partial charge in [0.1, 0.15) is 38.5 Å². The Hall–Kier alpha value is -2.43. The van der Waals surface area contributed by atoms with E-state index in [1.54, 1.807) is 23.8 Å². The van der Waals surface area contributed by atoms with E-state index in [2.05, 4.69) is 36.4 Å². The number of carbonyl (C=O) groups excluding carboxylic acids is 1. The number of hydrogen-bond donors (Lipinski definition) is 2. The van der Waals surface area contributed by atoms with Crippen molar-refractivity contribution in [3.05, 3.63) is 71.3 Å². The first-order chi connectivity index (χ1) is 13.2. The summed E-state index contributed by atoms with van der Waals surface area (Å²) in [5.41, 5.74) is 3.16. The van der Waals surface area contributed by atoms with Crippen LogP contribution in [-0.2, 0) is 6.54 Å². The molecule has 0 unspecified atom stereocenters. The summed E-state index contributed by atoms with van der Waals surface area (Å²) in [5, 5.41) is 0. The van der Waals surface area contributed by atoms with Crippen LogP contribution in [0.3, 0.4) is 0 Å². The van der Waals surface area contributed by atoms with E-state index in [9.17, 15) is 4.79 Å². The highest BCUT2D eigenvalue weighted by Gasteiger charge is 2.23. The quantitative estimate of drug-likeness (QED) is 0.714. The number of methoxy groups -OCH3 is 1. The lowest BCUT2D eigenvalue weighted by molar-refractivity contribution is -1.02. The number of piperazine rings is 1. The zero-order chi connectivity index (χ0) is 19.1. The molecule has 1 aliphatic rings. The summed E-state index contributed by atoms with van der Waals surface area (Å²) >= 11 is 0. The van der Waals surface area contributed by atoms with E-state index in [0.29, 0.717) is 0 Å². The number of quaternary nitrogens is 2. The monoisotopic (exact) mass is 366 g/mol. The van der Waals surface area contributed by atoms with Crippen molar-refractivity contribution >= 4 is 11.9 Å². The molecule has 0 atom stereocenters. The summed E-state index contributed by atoms with van der Waals surface area (Å²) in [5.74, 6) is 0.987. The van der Waals surface area contributed by atoms with Crippen molar-refractivity contribution in [2.24, 2.45) is 0 Å². The molecule has 1 saturated heterocycles. The second-order valence-corrected chi connectivity index (χ2v) is 7.28. The molecule has 2 N–H and O–H groups in total. The van der Waals surface area contributed by atoms with Gasteiger partial charge in [-0.3, -0.25) is 4.79 Å². The van der Waals surface area contributed by atoms with Crippen molar-refractivity contribution in [2.75, 3.05) is 39.8 Å². The number of rotatable bonds is 7. The topological polar surface area (TPSA) is 35.2 Å². The van der Waals surface area contributed by atoms with Gasteiger partial charge in [0.2, 0.25) is 0 Å². The molecule has 1 fully saturated rings. The molecular formula is C23H30N2O2+2. The number of hydrogen-bond acceptors (Lipinski definition) is 2. The first-order valence-electron chi connectivity index (χ1n) is 9.72. The van der Waals surface area contributed by atoms with Crippen LogP contribution in [0.4, 0.5) is 0 Å². The summed E-state index contributed by atoms with van der Waals surface area (Å²) in [6.07, 6.45) is 4.50. The fourth-order valence-corrected chi connectivity index (χ4v) is 3.67. The van der Waals surface area contributed by atoms with E-state index < -0.39 is 0 Å². The molecule has 0 radical (unpaired) electrons. The molecule has 3 rings (SSSR count). The summed E-state index contributed by atoms with van der Waals surface area (Å²) in [6.45, 7) is 8.22. The molecule has 2 aromatic carbocycles. The molecule has 4 nitrogen and oxygen atoms in total. The van der Waals surface area contributed by atoms with Gasteiger partial charge in [-0.1, -0.05) is 36.4 Å². The van der Waals surface area contributed by atoms with Gasteiger partial charge in [-0.2, -0.15) is 0 Å². The Morgan fingerprint density at radius 1 is 1.04 bits per heavy atom. The van der Waals surface area contributed by atoms with Crippen LogP contribution in [0.5, 0.6) is 5.75 Å². The second-order valence-electron chi connectivity index (χ2n) is 7.28. The standard InChI is InChI=1S/C23H28N2O2/c1-19(26)21-10-11-23(27-2)22(17-21)18-25-15-13-24(14-16-25)12-6-9-20-7-4-3-5-8-20/h3-11,17H,12-16,18H2,1-2H3/p+2/b9-6+. The number of ketones is 1. The lowest BCUT2D eigenvalue weighted by atomic mass is 10.1. The van der Waals surface area contributed by atoms with Crippen LogP contribution in [0.2, 0.25) is 0 Å². The Balaban J connectivity index is 1.51. The Bertz CT molecular complexity index is 778. The smallest absolute Gasteiger partial charge is 0.159 e. The maximum Gasteiger partial charge on any atom is 0.159 e. The van der Waals surface area contributed by atoms with E-state index in [-0.39, 0.29) is 5.78 Å². The van der Waals surface area contributed by atoms with Crippen LogP contribution in [0.1, 0.15) is 28.4 Å². The normalized spacial score (nSPS) is 19.9. The van der Waals surface area contributed by atoms with Gasteiger partial charge in [0, 0.05) is 11.1 Å². The molecular weight excluding hydrogens is 336 g/mol. The summed E-state index contributed by atoms with van der Waals surface area (Å²) < 4.78 is 5.50. The molecule has 0 aromatic heterocycles. The van der Waals surface area contributed by atoms with Crippen LogP contribution in [0.25, 0.3) is 6.08 Å². The van der Waals surface area contributed by atoms with Crippen LogP contribution < -0.4 is 14.5 Å². The highest BCUT2D eigenvalue weighted by Crippen LogP contribution is 2.19. The highest BCUT2D eigenvalue weighted by molar-refractivity contribution is 5.94. The van der Waals surface area contributed by atoms with Crippen LogP contribution >= 0.6 is 0 Å². The minimum absolute atomic E-state index is 0.105. The van der Waals surface area contributed by atoms with Gasteiger partial charge in [0.05, 0.1) is 13.7 Å². The SMILES string of the molecule is COc1ccc(C(C)=O)cc1C[NH+]1CC[NH+](C/C=C/c2ccccc2)CC1. The van der Waals surface area contributed by atoms with Gasteiger partial charge in [0.15, 0.2) is 5.78 Å². The van der Waals surface area contributed by atoms with Gasteiger partial charge in [-0.15, -0.1) is 0 Å². The van der Waals surface area contributed by atoms with Crippen molar-refractivity contribution in [3.63, 3.8) is 0 Å². The number of benzene rings is 2. The fraction of sp³-hybridized carbons (Fsp3) is 0.348. The van der Waals surface area contributed by atoms with Gasteiger partial charge in [-0.25, -0.2) is 0 Å². The third kappa shape index (κ3) is 5.52. The van der Waals surface area contributed by atoms with Crippen molar-refractivity contribution in [3.8, 4) is 5.75 Å². The molecule has 2 aromatic rings. The molecule has 0 saturated carbocycles. The van der Waals surface area contributed by atoms with Crippen molar-refractivity contribution in [1.82, 2.24) is 0 Å². The average molecular weight is 367 g/mol. The predicted molar refractivity (Wildman–Crippen MR) is 108 cm³/mol. The third-order valence-corrected chi connectivity index (χ3v) is 5.31. The Labute approximate surface area is 162 Å². The zero-order valence-corrected chi connectivity index (χ0v) is 16.3. The predicted octanol–water partition coefficient (Wildman–Crippen LogP) is 0.895. The van der Waals surface area contributed by atoms with Gasteiger partial charge < -0.3 is 14.5 Å². The van der Waals surface area contributed by atoms with E-state index in [0.717, 1.165) is 43.1 Å². The van der Waals surface area contributed by atoms with E-state index in [4.69, 9.17) is 4.74 Å².